The van der Waals surface area contributed by atoms with Crippen LogP contribution < -0.4 is 0 Å². The Hall–Kier alpha value is -7.24. The van der Waals surface area contributed by atoms with E-state index >= 15 is 0 Å². The first-order valence-electron chi connectivity index (χ1n) is 17.9. The molecule has 0 aliphatic carbocycles. The van der Waals surface area contributed by atoms with Crippen molar-refractivity contribution in [1.29, 1.82) is 0 Å². The molecule has 248 valence electrons. The van der Waals surface area contributed by atoms with Crippen LogP contribution in [0.15, 0.2) is 188 Å². The fraction of sp³-hybridized carbons (Fsp3) is 0. The van der Waals surface area contributed by atoms with Gasteiger partial charge in [-0.1, -0.05) is 127 Å². The molecule has 7 aromatic carbocycles. The van der Waals surface area contributed by atoms with Crippen LogP contribution in [0.1, 0.15) is 0 Å². The highest BCUT2D eigenvalue weighted by Crippen LogP contribution is 2.41. The highest BCUT2D eigenvalue weighted by molar-refractivity contribution is 6.18. The van der Waals surface area contributed by atoms with E-state index < -0.39 is 0 Å². The first kappa shape index (κ1) is 29.5. The molecule has 0 N–H and O–H groups in total. The van der Waals surface area contributed by atoms with Crippen LogP contribution in [0.5, 0.6) is 0 Å². The molecule has 0 bridgehead atoms. The van der Waals surface area contributed by atoms with Gasteiger partial charge in [0, 0.05) is 45.5 Å². The summed E-state index contributed by atoms with van der Waals surface area (Å²) in [5, 5.41) is 5.89. The van der Waals surface area contributed by atoms with Gasteiger partial charge in [0.05, 0.1) is 27.6 Å². The summed E-state index contributed by atoms with van der Waals surface area (Å²) in [6, 6.07) is 62.2. The quantitative estimate of drug-likeness (QED) is 0.182. The van der Waals surface area contributed by atoms with E-state index in [1.54, 1.807) is 0 Å². The van der Waals surface area contributed by atoms with E-state index in [9.17, 15) is 0 Å². The number of aromatic nitrogens is 5. The van der Waals surface area contributed by atoms with Crippen molar-refractivity contribution in [3.63, 3.8) is 0 Å². The summed E-state index contributed by atoms with van der Waals surface area (Å²) in [5.41, 5.74) is 11.5. The van der Waals surface area contributed by atoms with Gasteiger partial charge in [0.1, 0.15) is 5.69 Å². The zero-order valence-electron chi connectivity index (χ0n) is 28.6. The third-order valence-electron chi connectivity index (χ3n) is 10.6. The molecule has 0 saturated carbocycles. The molecule has 4 aromatic heterocycles. The average Bonchev–Trinajstić information content (AvgIpc) is 3.95. The Labute approximate surface area is 305 Å². The number of hydrogen-bond acceptors (Lipinski definition) is 2. The summed E-state index contributed by atoms with van der Waals surface area (Å²) >= 11 is 0. The number of rotatable bonds is 5. The standard InChI is InChI=1S/C48H31N5/c1-3-16-33(17-4-1)51-30-28-41-43(51)27-26-40-38-22-11-12-25-44(38)53(46(40)41)48-49-42-29-31-52(34-18-5-2-6-19-34)47(42)45(50-48)39-23-10-9-21-37(39)36-24-13-15-32-14-7-8-20-35(32)36/h1-31H. The fourth-order valence-corrected chi connectivity index (χ4v) is 8.21. The van der Waals surface area contributed by atoms with Gasteiger partial charge in [0.2, 0.25) is 5.95 Å². The van der Waals surface area contributed by atoms with Crippen molar-refractivity contribution >= 4 is 54.5 Å². The second-order valence-electron chi connectivity index (χ2n) is 13.5. The molecular formula is C48H31N5. The van der Waals surface area contributed by atoms with Crippen LogP contribution in [0.2, 0.25) is 0 Å². The maximum absolute atomic E-state index is 5.63. The van der Waals surface area contributed by atoms with Crippen LogP contribution in [0.25, 0.3) is 94.2 Å². The van der Waals surface area contributed by atoms with Gasteiger partial charge in [-0.2, -0.15) is 0 Å². The molecule has 11 rings (SSSR count). The van der Waals surface area contributed by atoms with Gasteiger partial charge in [-0.15, -0.1) is 0 Å². The Morgan fingerprint density at radius 3 is 1.83 bits per heavy atom. The molecule has 0 aliphatic heterocycles. The molecule has 4 heterocycles. The topological polar surface area (TPSA) is 40.6 Å². The predicted octanol–water partition coefficient (Wildman–Crippen LogP) is 11.9. The maximum atomic E-state index is 5.63. The minimum atomic E-state index is 0.636. The van der Waals surface area contributed by atoms with Gasteiger partial charge in [-0.3, -0.25) is 4.57 Å². The fourth-order valence-electron chi connectivity index (χ4n) is 8.21. The van der Waals surface area contributed by atoms with E-state index in [1.165, 1.54) is 27.1 Å². The van der Waals surface area contributed by atoms with E-state index in [-0.39, 0.29) is 0 Å². The van der Waals surface area contributed by atoms with Crippen molar-refractivity contribution < 1.29 is 0 Å². The molecule has 0 fully saturated rings. The van der Waals surface area contributed by atoms with Crippen molar-refractivity contribution in [2.24, 2.45) is 0 Å². The van der Waals surface area contributed by atoms with Crippen LogP contribution in [0.3, 0.4) is 0 Å². The van der Waals surface area contributed by atoms with Crippen molar-refractivity contribution in [3.05, 3.63) is 188 Å². The normalized spacial score (nSPS) is 11.8. The Bertz CT molecular complexity index is 3160. The smallest absolute Gasteiger partial charge is 0.235 e. The zero-order chi connectivity index (χ0) is 34.9. The van der Waals surface area contributed by atoms with Crippen LogP contribution in [0, 0.1) is 0 Å². The zero-order valence-corrected chi connectivity index (χ0v) is 28.6. The van der Waals surface area contributed by atoms with Crippen molar-refractivity contribution in [1.82, 2.24) is 23.7 Å². The molecule has 11 aromatic rings. The minimum absolute atomic E-state index is 0.636. The lowest BCUT2D eigenvalue weighted by molar-refractivity contribution is 1.01. The molecule has 0 spiro atoms. The lowest BCUT2D eigenvalue weighted by Crippen LogP contribution is -2.05. The van der Waals surface area contributed by atoms with Crippen molar-refractivity contribution in [2.45, 2.75) is 0 Å². The molecule has 5 heteroatoms. The SMILES string of the molecule is c1ccc(-n2ccc3c2ccc2c4ccccc4n(-c4nc(-c5ccccc5-c5cccc6ccccc56)c5c(ccn5-c5ccccc5)n4)c23)cc1. The second kappa shape index (κ2) is 11.7. The van der Waals surface area contributed by atoms with Gasteiger partial charge in [0.15, 0.2) is 0 Å². The van der Waals surface area contributed by atoms with E-state index in [0.29, 0.717) is 5.95 Å². The van der Waals surface area contributed by atoms with Gasteiger partial charge in [-0.05, 0) is 70.4 Å². The predicted molar refractivity (Wildman–Crippen MR) is 218 cm³/mol. The highest BCUT2D eigenvalue weighted by Gasteiger charge is 2.23. The van der Waals surface area contributed by atoms with E-state index in [4.69, 9.17) is 9.97 Å². The summed E-state index contributed by atoms with van der Waals surface area (Å²) in [4.78, 5) is 11.0. The highest BCUT2D eigenvalue weighted by atomic mass is 15.2. The number of nitrogens with zero attached hydrogens (tertiary/aromatic N) is 5. The Morgan fingerprint density at radius 2 is 1.00 bits per heavy atom. The molecule has 0 saturated heterocycles. The van der Waals surface area contributed by atoms with Crippen LogP contribution in [-0.2, 0) is 0 Å². The Morgan fingerprint density at radius 1 is 0.358 bits per heavy atom. The number of fused-ring (bicyclic) bond motifs is 7. The molecular weight excluding hydrogens is 647 g/mol. The largest absolute Gasteiger partial charge is 0.316 e. The lowest BCUT2D eigenvalue weighted by atomic mass is 9.93. The molecule has 0 atom stereocenters. The molecule has 53 heavy (non-hydrogen) atoms. The first-order valence-corrected chi connectivity index (χ1v) is 17.9. The lowest BCUT2D eigenvalue weighted by Gasteiger charge is -2.16. The summed E-state index contributed by atoms with van der Waals surface area (Å²) in [6.07, 6.45) is 4.28. The number of hydrogen-bond donors (Lipinski definition) is 0. The third-order valence-corrected chi connectivity index (χ3v) is 10.6. The molecule has 0 radical (unpaired) electrons. The van der Waals surface area contributed by atoms with Crippen molar-refractivity contribution in [3.8, 4) is 39.7 Å². The van der Waals surface area contributed by atoms with E-state index in [0.717, 1.165) is 61.2 Å². The molecule has 0 aliphatic rings. The van der Waals surface area contributed by atoms with Crippen LogP contribution in [0.4, 0.5) is 0 Å². The molecule has 5 nitrogen and oxygen atoms in total. The monoisotopic (exact) mass is 677 g/mol. The maximum Gasteiger partial charge on any atom is 0.235 e. The number of benzene rings is 7. The van der Waals surface area contributed by atoms with E-state index in [1.807, 2.05) is 0 Å². The molecule has 0 unspecified atom stereocenters. The first-order chi connectivity index (χ1) is 26.3. The minimum Gasteiger partial charge on any atom is -0.316 e. The van der Waals surface area contributed by atoms with E-state index in [2.05, 4.69) is 202 Å². The Kier molecular flexibility index (Phi) is 6.48. The van der Waals surface area contributed by atoms with Gasteiger partial charge < -0.3 is 9.13 Å². The van der Waals surface area contributed by atoms with Crippen LogP contribution >= 0.6 is 0 Å². The van der Waals surface area contributed by atoms with Crippen molar-refractivity contribution in [2.75, 3.05) is 0 Å². The summed E-state index contributed by atoms with van der Waals surface area (Å²) in [5.74, 6) is 0.636. The van der Waals surface area contributed by atoms with Crippen LogP contribution in [-0.4, -0.2) is 23.7 Å². The number of para-hydroxylation sites is 3. The molecule has 0 amide bonds. The summed E-state index contributed by atoms with van der Waals surface area (Å²) < 4.78 is 6.75. The Balaban J connectivity index is 1.25. The second-order valence-corrected chi connectivity index (χ2v) is 13.5. The van der Waals surface area contributed by atoms with Gasteiger partial charge in [0.25, 0.3) is 0 Å². The average molecular weight is 678 g/mol. The summed E-state index contributed by atoms with van der Waals surface area (Å²) in [6.45, 7) is 0. The van der Waals surface area contributed by atoms with Gasteiger partial charge >= 0.3 is 0 Å². The van der Waals surface area contributed by atoms with Gasteiger partial charge in [-0.25, -0.2) is 9.97 Å². The summed E-state index contributed by atoms with van der Waals surface area (Å²) in [7, 11) is 0. The third kappa shape index (κ3) is 4.51.